The molecule has 1 aromatic heterocycles. The summed E-state index contributed by atoms with van der Waals surface area (Å²) in [6.07, 6.45) is 3.14. The summed E-state index contributed by atoms with van der Waals surface area (Å²) in [5, 5.41) is 0. The highest BCUT2D eigenvalue weighted by Gasteiger charge is 1.89. The Kier molecular flexibility index (Phi) is 1.58. The lowest BCUT2D eigenvalue weighted by molar-refractivity contribution is 0.121. The molecule has 0 saturated heterocycles. The molecular formula is C5H9N3O. The quantitative estimate of drug-likeness (QED) is 0.604. The first-order valence-electron chi connectivity index (χ1n) is 2.75. The fraction of sp³-hybridized carbons (Fsp3) is 0.400. The summed E-state index contributed by atoms with van der Waals surface area (Å²) < 4.78 is 1.48. The molecule has 9 heavy (non-hydrogen) atoms. The van der Waals surface area contributed by atoms with Crippen molar-refractivity contribution in [1.29, 1.82) is 0 Å². The average Bonchev–Trinajstić information content (AvgIpc) is 2.17. The van der Waals surface area contributed by atoms with Gasteiger partial charge in [-0.05, 0) is 6.92 Å². The fourth-order valence-corrected chi connectivity index (χ4v) is 0.540. The van der Waals surface area contributed by atoms with Crippen molar-refractivity contribution in [3.05, 3.63) is 12.5 Å². The van der Waals surface area contributed by atoms with Gasteiger partial charge >= 0.3 is 0 Å². The van der Waals surface area contributed by atoms with Crippen LogP contribution in [0.25, 0.3) is 0 Å². The summed E-state index contributed by atoms with van der Waals surface area (Å²) >= 11 is 0. The minimum atomic E-state index is 0.475. The Hall–Kier alpha value is -1.19. The van der Waals surface area contributed by atoms with Crippen LogP contribution in [0.1, 0.15) is 6.92 Å². The zero-order valence-electron chi connectivity index (χ0n) is 5.24. The molecule has 0 aliphatic rings. The van der Waals surface area contributed by atoms with E-state index >= 15 is 0 Å². The first-order chi connectivity index (χ1) is 4.33. The smallest absolute Gasteiger partial charge is 0.145 e. The lowest BCUT2D eigenvalue weighted by atomic mass is 10.8. The Morgan fingerprint density at radius 3 is 3.11 bits per heavy atom. The van der Waals surface area contributed by atoms with Gasteiger partial charge in [-0.2, -0.15) is 4.73 Å². The lowest BCUT2D eigenvalue weighted by Crippen LogP contribution is -2.07. The van der Waals surface area contributed by atoms with Crippen molar-refractivity contribution in [3.63, 3.8) is 0 Å². The Bertz CT molecular complexity index is 184. The van der Waals surface area contributed by atoms with Crippen molar-refractivity contribution < 1.29 is 4.84 Å². The van der Waals surface area contributed by atoms with Gasteiger partial charge in [0.2, 0.25) is 0 Å². The predicted molar refractivity (Wildman–Crippen MR) is 33.8 cm³/mol. The summed E-state index contributed by atoms with van der Waals surface area (Å²) in [7, 11) is 0. The second-order valence-electron chi connectivity index (χ2n) is 1.58. The van der Waals surface area contributed by atoms with E-state index in [0.717, 1.165) is 0 Å². The molecule has 0 amide bonds. The van der Waals surface area contributed by atoms with Gasteiger partial charge in [-0.15, -0.1) is 0 Å². The number of rotatable bonds is 2. The number of hydrogen-bond acceptors (Lipinski definition) is 3. The third kappa shape index (κ3) is 1.35. The van der Waals surface area contributed by atoms with E-state index in [-0.39, 0.29) is 0 Å². The van der Waals surface area contributed by atoms with Crippen LogP contribution in [-0.4, -0.2) is 16.3 Å². The first kappa shape index (κ1) is 5.94. The average molecular weight is 127 g/mol. The Balaban J connectivity index is 2.61. The van der Waals surface area contributed by atoms with Gasteiger partial charge in [0.25, 0.3) is 0 Å². The molecule has 4 heteroatoms. The van der Waals surface area contributed by atoms with Crippen LogP contribution in [0.3, 0.4) is 0 Å². The zero-order chi connectivity index (χ0) is 6.69. The number of nitrogens with two attached hydrogens (primary N) is 1. The molecule has 2 N–H and O–H groups in total. The largest absolute Gasteiger partial charge is 0.413 e. The second kappa shape index (κ2) is 2.39. The molecule has 0 spiro atoms. The summed E-state index contributed by atoms with van der Waals surface area (Å²) in [6.45, 7) is 2.52. The van der Waals surface area contributed by atoms with Crippen molar-refractivity contribution >= 4 is 5.82 Å². The molecule has 50 valence electrons. The maximum Gasteiger partial charge on any atom is 0.145 e. The number of aromatic nitrogens is 2. The maximum absolute atomic E-state index is 5.30. The van der Waals surface area contributed by atoms with E-state index in [0.29, 0.717) is 12.4 Å². The normalized spacial score (nSPS) is 9.44. The molecule has 1 heterocycles. The topological polar surface area (TPSA) is 53.1 Å². The number of nitrogens with zero attached hydrogens (tertiary/aromatic N) is 2. The maximum atomic E-state index is 5.30. The highest BCUT2D eigenvalue weighted by atomic mass is 16.7. The van der Waals surface area contributed by atoms with Gasteiger partial charge in [0.15, 0.2) is 0 Å². The molecule has 0 unspecified atom stereocenters. The standard InChI is InChI=1S/C5H9N3O/c1-2-9-8-3-5(6)7-4-8/h3-4H,2,6H2,1H3. The van der Waals surface area contributed by atoms with Gasteiger partial charge < -0.3 is 10.6 Å². The summed E-state index contributed by atoms with van der Waals surface area (Å²) in [5.41, 5.74) is 5.30. The zero-order valence-corrected chi connectivity index (χ0v) is 5.24. The predicted octanol–water partition coefficient (Wildman–Crippen LogP) is -0.0862. The number of imidazole rings is 1. The van der Waals surface area contributed by atoms with Gasteiger partial charge in [-0.1, -0.05) is 0 Å². The van der Waals surface area contributed by atoms with Crippen molar-refractivity contribution in [2.75, 3.05) is 12.3 Å². The third-order valence-corrected chi connectivity index (χ3v) is 0.858. The monoisotopic (exact) mass is 127 g/mol. The minimum absolute atomic E-state index is 0.475. The van der Waals surface area contributed by atoms with Crippen molar-refractivity contribution in [1.82, 2.24) is 9.71 Å². The molecule has 4 nitrogen and oxygen atoms in total. The highest BCUT2D eigenvalue weighted by Crippen LogP contribution is 1.92. The molecule has 0 fully saturated rings. The summed E-state index contributed by atoms with van der Waals surface area (Å²) in [5.74, 6) is 0.475. The first-order valence-corrected chi connectivity index (χ1v) is 2.75. The molecule has 0 aromatic carbocycles. The van der Waals surface area contributed by atoms with Gasteiger partial charge in [0, 0.05) is 0 Å². The van der Waals surface area contributed by atoms with Crippen LogP contribution < -0.4 is 10.6 Å². The summed E-state index contributed by atoms with van der Waals surface area (Å²) in [6, 6.07) is 0. The number of hydrogen-bond donors (Lipinski definition) is 1. The van der Waals surface area contributed by atoms with Crippen molar-refractivity contribution in [2.45, 2.75) is 6.92 Å². The molecule has 0 saturated carbocycles. The van der Waals surface area contributed by atoms with Gasteiger partial charge in [-0.3, -0.25) is 0 Å². The van der Waals surface area contributed by atoms with Crippen LogP contribution in [0.15, 0.2) is 12.5 Å². The second-order valence-corrected chi connectivity index (χ2v) is 1.58. The Labute approximate surface area is 53.2 Å². The summed E-state index contributed by atoms with van der Waals surface area (Å²) in [4.78, 5) is 8.75. The van der Waals surface area contributed by atoms with E-state index in [4.69, 9.17) is 10.6 Å². The van der Waals surface area contributed by atoms with Gasteiger partial charge in [0.05, 0.1) is 6.20 Å². The highest BCUT2D eigenvalue weighted by molar-refractivity contribution is 5.21. The van der Waals surface area contributed by atoms with E-state index in [1.807, 2.05) is 6.92 Å². The minimum Gasteiger partial charge on any atom is -0.413 e. The van der Waals surface area contributed by atoms with Gasteiger partial charge in [-0.25, -0.2) is 4.98 Å². The van der Waals surface area contributed by atoms with E-state index in [9.17, 15) is 0 Å². The van der Waals surface area contributed by atoms with Crippen molar-refractivity contribution in [3.8, 4) is 0 Å². The number of nitrogen functional groups attached to an aromatic ring is 1. The van der Waals surface area contributed by atoms with Gasteiger partial charge in [0.1, 0.15) is 18.8 Å². The molecule has 0 atom stereocenters. The Morgan fingerprint density at radius 2 is 2.67 bits per heavy atom. The molecule has 0 radical (unpaired) electrons. The molecule has 1 aromatic rings. The molecule has 0 aliphatic heterocycles. The third-order valence-electron chi connectivity index (χ3n) is 0.858. The molecule has 0 aliphatic carbocycles. The lowest BCUT2D eigenvalue weighted by Gasteiger charge is -1.98. The Morgan fingerprint density at radius 1 is 1.89 bits per heavy atom. The molecule has 1 rings (SSSR count). The fourth-order valence-electron chi connectivity index (χ4n) is 0.540. The van der Waals surface area contributed by atoms with E-state index in [1.165, 1.54) is 11.1 Å². The van der Waals surface area contributed by atoms with Crippen LogP contribution in [0.4, 0.5) is 5.82 Å². The van der Waals surface area contributed by atoms with E-state index < -0.39 is 0 Å². The van der Waals surface area contributed by atoms with Crippen LogP contribution in [0.5, 0.6) is 0 Å². The molecular weight excluding hydrogens is 118 g/mol. The van der Waals surface area contributed by atoms with Crippen LogP contribution in [0.2, 0.25) is 0 Å². The molecule has 0 bridgehead atoms. The van der Waals surface area contributed by atoms with Crippen molar-refractivity contribution in [2.24, 2.45) is 0 Å². The van der Waals surface area contributed by atoms with E-state index in [2.05, 4.69) is 4.98 Å². The van der Waals surface area contributed by atoms with Crippen LogP contribution in [-0.2, 0) is 0 Å². The van der Waals surface area contributed by atoms with Crippen LogP contribution in [0, 0.1) is 0 Å². The SMILES string of the molecule is CCOn1cnc(N)c1. The van der Waals surface area contributed by atoms with Crippen LogP contribution >= 0.6 is 0 Å². The van der Waals surface area contributed by atoms with E-state index in [1.54, 1.807) is 6.20 Å². The number of anilines is 1.